The number of hydrogen-bond acceptors (Lipinski definition) is 3. The fourth-order valence-corrected chi connectivity index (χ4v) is 3.18. The highest BCUT2D eigenvalue weighted by atomic mass is 35.5. The standard InChI is InChI=1S/C18H21N3O2.ClH/c1-12-9-13(10-19)11-21(12)18(23)15-7-8-16(20-17(15)22)14-5-3-2-4-6-14;/h2-8,12-13H,9-11,19H2,1H3,(H,20,22);1H. The summed E-state index contributed by atoms with van der Waals surface area (Å²) in [4.78, 5) is 29.6. The number of carbonyl (C=O) groups is 1. The number of pyridine rings is 1. The first-order valence-corrected chi connectivity index (χ1v) is 7.90. The number of amides is 1. The van der Waals surface area contributed by atoms with Gasteiger partial charge < -0.3 is 15.6 Å². The second-order valence-corrected chi connectivity index (χ2v) is 6.12. The van der Waals surface area contributed by atoms with Gasteiger partial charge >= 0.3 is 0 Å². The van der Waals surface area contributed by atoms with Crippen molar-refractivity contribution in [2.24, 2.45) is 11.7 Å². The average molecular weight is 348 g/mol. The molecule has 6 heteroatoms. The Hall–Kier alpha value is -2.11. The predicted molar refractivity (Wildman–Crippen MR) is 97.4 cm³/mol. The van der Waals surface area contributed by atoms with Crippen LogP contribution in [0.15, 0.2) is 47.3 Å². The lowest BCUT2D eigenvalue weighted by atomic mass is 10.1. The summed E-state index contributed by atoms with van der Waals surface area (Å²) >= 11 is 0. The maximum Gasteiger partial charge on any atom is 0.261 e. The third kappa shape index (κ3) is 3.52. The molecule has 1 amide bonds. The van der Waals surface area contributed by atoms with E-state index in [1.54, 1.807) is 17.0 Å². The Morgan fingerprint density at radius 3 is 2.54 bits per heavy atom. The van der Waals surface area contributed by atoms with E-state index in [1.807, 2.05) is 37.3 Å². The van der Waals surface area contributed by atoms with Crippen LogP contribution < -0.4 is 11.3 Å². The quantitative estimate of drug-likeness (QED) is 0.893. The number of likely N-dealkylation sites (tertiary alicyclic amines) is 1. The number of aromatic nitrogens is 1. The molecule has 24 heavy (non-hydrogen) atoms. The van der Waals surface area contributed by atoms with E-state index in [2.05, 4.69) is 4.98 Å². The van der Waals surface area contributed by atoms with Crippen molar-refractivity contribution in [3.63, 3.8) is 0 Å². The Balaban J connectivity index is 0.00000208. The van der Waals surface area contributed by atoms with Gasteiger partial charge in [-0.1, -0.05) is 30.3 Å². The molecule has 3 N–H and O–H groups in total. The molecule has 0 aliphatic carbocycles. The fraction of sp³-hybridized carbons (Fsp3) is 0.333. The summed E-state index contributed by atoms with van der Waals surface area (Å²) in [5.74, 6) is 0.103. The second-order valence-electron chi connectivity index (χ2n) is 6.12. The Morgan fingerprint density at radius 1 is 1.25 bits per heavy atom. The van der Waals surface area contributed by atoms with Crippen molar-refractivity contribution in [1.82, 2.24) is 9.88 Å². The van der Waals surface area contributed by atoms with Crippen LogP contribution in [0.3, 0.4) is 0 Å². The zero-order chi connectivity index (χ0) is 16.4. The monoisotopic (exact) mass is 347 g/mol. The van der Waals surface area contributed by atoms with Crippen LogP contribution in [0.4, 0.5) is 0 Å². The highest BCUT2D eigenvalue weighted by Crippen LogP contribution is 2.23. The lowest BCUT2D eigenvalue weighted by Crippen LogP contribution is -2.37. The van der Waals surface area contributed by atoms with E-state index in [1.165, 1.54) is 0 Å². The lowest BCUT2D eigenvalue weighted by molar-refractivity contribution is 0.0741. The smallest absolute Gasteiger partial charge is 0.261 e. The summed E-state index contributed by atoms with van der Waals surface area (Å²) in [6, 6.07) is 13.1. The minimum Gasteiger partial charge on any atom is -0.335 e. The van der Waals surface area contributed by atoms with Crippen molar-refractivity contribution in [2.45, 2.75) is 19.4 Å². The molecule has 1 aromatic heterocycles. The lowest BCUT2D eigenvalue weighted by Gasteiger charge is -2.21. The topological polar surface area (TPSA) is 79.2 Å². The summed E-state index contributed by atoms with van der Waals surface area (Å²) in [7, 11) is 0. The van der Waals surface area contributed by atoms with Gasteiger partial charge in [-0.25, -0.2) is 0 Å². The van der Waals surface area contributed by atoms with E-state index < -0.39 is 0 Å². The van der Waals surface area contributed by atoms with Gasteiger partial charge in [-0.3, -0.25) is 9.59 Å². The third-order valence-electron chi connectivity index (χ3n) is 4.48. The van der Waals surface area contributed by atoms with Gasteiger partial charge in [0.15, 0.2) is 0 Å². The number of carbonyl (C=O) groups excluding carboxylic acids is 1. The molecule has 2 atom stereocenters. The SMILES string of the molecule is CC1CC(CN)CN1C(=O)c1ccc(-c2ccccc2)[nH]c1=O.Cl. The van der Waals surface area contributed by atoms with Gasteiger partial charge in [0.2, 0.25) is 0 Å². The van der Waals surface area contributed by atoms with Crippen LogP contribution in [0, 0.1) is 5.92 Å². The fourth-order valence-electron chi connectivity index (χ4n) is 3.18. The summed E-state index contributed by atoms with van der Waals surface area (Å²) in [6.45, 7) is 3.19. The number of aromatic amines is 1. The molecular formula is C18H22ClN3O2. The molecule has 0 bridgehead atoms. The summed E-state index contributed by atoms with van der Waals surface area (Å²) in [5.41, 5.74) is 7.17. The maximum atomic E-state index is 12.7. The molecule has 1 aliphatic heterocycles. The van der Waals surface area contributed by atoms with Crippen molar-refractivity contribution in [1.29, 1.82) is 0 Å². The molecular weight excluding hydrogens is 326 g/mol. The molecule has 1 aromatic carbocycles. The molecule has 2 aromatic rings. The van der Waals surface area contributed by atoms with Crippen LogP contribution in [-0.4, -0.2) is 34.9 Å². The van der Waals surface area contributed by atoms with Gasteiger partial charge in [0.25, 0.3) is 11.5 Å². The predicted octanol–water partition coefficient (Wildman–Crippen LogP) is 2.27. The number of benzene rings is 1. The second kappa shape index (κ2) is 7.64. The van der Waals surface area contributed by atoms with Gasteiger partial charge in [-0.15, -0.1) is 12.4 Å². The normalized spacial score (nSPS) is 19.8. The van der Waals surface area contributed by atoms with Crippen LogP contribution in [0.2, 0.25) is 0 Å². The molecule has 1 aliphatic rings. The van der Waals surface area contributed by atoms with E-state index in [0.29, 0.717) is 24.7 Å². The number of halogens is 1. The molecule has 1 fully saturated rings. The van der Waals surface area contributed by atoms with Gasteiger partial charge in [0.1, 0.15) is 5.56 Å². The van der Waals surface area contributed by atoms with Crippen molar-refractivity contribution in [3.05, 3.63) is 58.4 Å². The first-order valence-electron chi connectivity index (χ1n) is 7.90. The minimum absolute atomic E-state index is 0. The van der Waals surface area contributed by atoms with Gasteiger partial charge in [0, 0.05) is 18.3 Å². The number of H-pyrrole nitrogens is 1. The highest BCUT2D eigenvalue weighted by molar-refractivity contribution is 5.94. The molecule has 3 rings (SSSR count). The zero-order valence-electron chi connectivity index (χ0n) is 13.6. The first kappa shape index (κ1) is 18.2. The number of nitrogens with two attached hydrogens (primary N) is 1. The molecule has 0 radical (unpaired) electrons. The molecule has 2 unspecified atom stereocenters. The molecule has 0 saturated carbocycles. The Kier molecular flexibility index (Phi) is 5.80. The third-order valence-corrected chi connectivity index (χ3v) is 4.48. The molecule has 128 valence electrons. The Morgan fingerprint density at radius 2 is 1.96 bits per heavy atom. The van der Waals surface area contributed by atoms with E-state index in [9.17, 15) is 9.59 Å². The molecule has 1 saturated heterocycles. The van der Waals surface area contributed by atoms with Crippen LogP contribution in [0.5, 0.6) is 0 Å². The van der Waals surface area contributed by atoms with Gasteiger partial charge in [0.05, 0.1) is 0 Å². The summed E-state index contributed by atoms with van der Waals surface area (Å²) < 4.78 is 0. The van der Waals surface area contributed by atoms with E-state index in [-0.39, 0.29) is 35.5 Å². The van der Waals surface area contributed by atoms with Crippen LogP contribution >= 0.6 is 12.4 Å². The maximum absolute atomic E-state index is 12.7. The molecule has 2 heterocycles. The van der Waals surface area contributed by atoms with Crippen molar-refractivity contribution >= 4 is 18.3 Å². The van der Waals surface area contributed by atoms with Crippen LogP contribution in [0.25, 0.3) is 11.3 Å². The van der Waals surface area contributed by atoms with Gasteiger partial charge in [-0.05, 0) is 43.5 Å². The summed E-state index contributed by atoms with van der Waals surface area (Å²) in [5, 5.41) is 0. The van der Waals surface area contributed by atoms with Crippen molar-refractivity contribution < 1.29 is 4.79 Å². The molecule has 5 nitrogen and oxygen atoms in total. The van der Waals surface area contributed by atoms with Crippen LogP contribution in [0.1, 0.15) is 23.7 Å². The van der Waals surface area contributed by atoms with Gasteiger partial charge in [-0.2, -0.15) is 0 Å². The average Bonchev–Trinajstić information content (AvgIpc) is 2.96. The summed E-state index contributed by atoms with van der Waals surface area (Å²) in [6.07, 6.45) is 0.891. The van der Waals surface area contributed by atoms with Crippen molar-refractivity contribution in [2.75, 3.05) is 13.1 Å². The highest BCUT2D eigenvalue weighted by Gasteiger charge is 2.33. The van der Waals surface area contributed by atoms with E-state index in [4.69, 9.17) is 5.73 Å². The number of nitrogens with one attached hydrogen (secondary N) is 1. The Labute approximate surface area is 147 Å². The number of rotatable bonds is 3. The van der Waals surface area contributed by atoms with E-state index >= 15 is 0 Å². The number of nitrogens with zero attached hydrogens (tertiary/aromatic N) is 1. The largest absolute Gasteiger partial charge is 0.335 e. The minimum atomic E-state index is -0.347. The zero-order valence-corrected chi connectivity index (χ0v) is 14.4. The van der Waals surface area contributed by atoms with E-state index in [0.717, 1.165) is 12.0 Å². The first-order chi connectivity index (χ1) is 11.1. The Bertz CT molecular complexity index is 760. The van der Waals surface area contributed by atoms with Crippen molar-refractivity contribution in [3.8, 4) is 11.3 Å². The number of hydrogen-bond donors (Lipinski definition) is 2. The van der Waals surface area contributed by atoms with Crippen LogP contribution in [-0.2, 0) is 0 Å². The molecule has 0 spiro atoms.